The Bertz CT molecular complexity index is 641. The first-order valence-corrected chi connectivity index (χ1v) is 8.55. The van der Waals surface area contributed by atoms with Crippen LogP contribution in [0.1, 0.15) is 18.4 Å². The highest BCUT2D eigenvalue weighted by Crippen LogP contribution is 2.36. The highest BCUT2D eigenvalue weighted by Gasteiger charge is 2.36. The average Bonchev–Trinajstić information content (AvgIpc) is 2.46. The summed E-state index contributed by atoms with van der Waals surface area (Å²) in [5, 5.41) is -0.520. The second kappa shape index (κ2) is 6.35. The van der Waals surface area contributed by atoms with Gasteiger partial charge in [-0.1, -0.05) is 11.6 Å². The maximum Gasteiger partial charge on any atom is 0.417 e. The van der Waals surface area contributed by atoms with Gasteiger partial charge >= 0.3 is 6.18 Å². The van der Waals surface area contributed by atoms with E-state index in [0.717, 1.165) is 12.1 Å². The Morgan fingerprint density at radius 2 is 1.86 bits per heavy atom. The summed E-state index contributed by atoms with van der Waals surface area (Å²) in [5.74, 6) is 0.252. The first-order valence-electron chi connectivity index (χ1n) is 6.73. The first-order chi connectivity index (χ1) is 10.2. The lowest BCUT2D eigenvalue weighted by molar-refractivity contribution is -0.137. The molecule has 0 atom stereocenters. The minimum Gasteiger partial charge on any atom is -0.330 e. The van der Waals surface area contributed by atoms with E-state index in [1.807, 2.05) is 0 Å². The summed E-state index contributed by atoms with van der Waals surface area (Å²) in [7, 11) is -3.96. The van der Waals surface area contributed by atoms with Gasteiger partial charge in [-0.05, 0) is 43.5 Å². The number of nitrogens with zero attached hydrogens (tertiary/aromatic N) is 1. The normalized spacial score (nSPS) is 18.6. The molecule has 0 spiro atoms. The van der Waals surface area contributed by atoms with Gasteiger partial charge in [-0.15, -0.1) is 0 Å². The van der Waals surface area contributed by atoms with E-state index in [0.29, 0.717) is 25.5 Å². The Kier molecular flexibility index (Phi) is 5.06. The molecule has 124 valence electrons. The molecule has 1 aromatic rings. The summed E-state index contributed by atoms with van der Waals surface area (Å²) in [6.07, 6.45) is -3.49. The maximum absolute atomic E-state index is 12.8. The van der Waals surface area contributed by atoms with Crippen molar-refractivity contribution >= 4 is 21.6 Å². The maximum atomic E-state index is 12.8. The zero-order valence-corrected chi connectivity index (χ0v) is 13.2. The van der Waals surface area contributed by atoms with E-state index in [9.17, 15) is 21.6 Å². The quantitative estimate of drug-likeness (QED) is 0.905. The number of alkyl halides is 3. The van der Waals surface area contributed by atoms with Crippen LogP contribution in [0.5, 0.6) is 0 Å². The molecule has 9 heteroatoms. The molecule has 1 heterocycles. The molecule has 1 fully saturated rings. The molecule has 0 radical (unpaired) electrons. The molecule has 22 heavy (non-hydrogen) atoms. The van der Waals surface area contributed by atoms with Crippen molar-refractivity contribution in [1.29, 1.82) is 0 Å². The van der Waals surface area contributed by atoms with Crippen molar-refractivity contribution in [3.05, 3.63) is 28.8 Å². The van der Waals surface area contributed by atoms with Gasteiger partial charge < -0.3 is 5.73 Å². The summed E-state index contributed by atoms with van der Waals surface area (Å²) in [5.41, 5.74) is 4.40. The van der Waals surface area contributed by atoms with Crippen molar-refractivity contribution in [3.63, 3.8) is 0 Å². The number of hydrogen-bond donors (Lipinski definition) is 1. The van der Waals surface area contributed by atoms with E-state index in [2.05, 4.69) is 0 Å². The Balaban J connectivity index is 2.31. The average molecular weight is 357 g/mol. The van der Waals surface area contributed by atoms with Gasteiger partial charge in [0.2, 0.25) is 10.0 Å². The molecule has 0 bridgehead atoms. The van der Waals surface area contributed by atoms with E-state index in [4.69, 9.17) is 17.3 Å². The first kappa shape index (κ1) is 17.5. The van der Waals surface area contributed by atoms with Crippen LogP contribution in [0.15, 0.2) is 23.1 Å². The van der Waals surface area contributed by atoms with Crippen LogP contribution in [-0.4, -0.2) is 32.4 Å². The van der Waals surface area contributed by atoms with Crippen molar-refractivity contribution in [3.8, 4) is 0 Å². The van der Waals surface area contributed by atoms with Crippen LogP contribution in [0, 0.1) is 5.92 Å². The molecule has 1 saturated heterocycles. The monoisotopic (exact) mass is 356 g/mol. The molecule has 0 aromatic heterocycles. The van der Waals surface area contributed by atoms with Crippen LogP contribution in [0.3, 0.4) is 0 Å². The summed E-state index contributed by atoms with van der Waals surface area (Å²) in [6.45, 7) is 0.995. The summed E-state index contributed by atoms with van der Waals surface area (Å²) in [6, 6.07) is 2.65. The van der Waals surface area contributed by atoms with Crippen LogP contribution < -0.4 is 5.73 Å². The number of nitrogens with two attached hydrogens (primary N) is 1. The number of rotatable bonds is 3. The Hall–Kier alpha value is -0.830. The van der Waals surface area contributed by atoms with Gasteiger partial charge in [0.15, 0.2) is 0 Å². The summed E-state index contributed by atoms with van der Waals surface area (Å²) >= 11 is 5.51. The predicted octanol–water partition coefficient (Wildman–Crippen LogP) is 2.72. The molecule has 0 amide bonds. The molecule has 1 aliphatic heterocycles. The van der Waals surface area contributed by atoms with E-state index in [1.165, 1.54) is 4.31 Å². The molecule has 0 unspecified atom stereocenters. The number of sulfonamides is 1. The minimum absolute atomic E-state index is 0.252. The fourth-order valence-corrected chi connectivity index (χ4v) is 4.14. The Morgan fingerprint density at radius 1 is 1.27 bits per heavy atom. The molecular formula is C13H16ClF3N2O2S. The van der Waals surface area contributed by atoms with Crippen LogP contribution in [-0.2, 0) is 16.2 Å². The minimum atomic E-state index is -4.70. The topological polar surface area (TPSA) is 63.4 Å². The Morgan fingerprint density at radius 3 is 2.36 bits per heavy atom. The highest BCUT2D eigenvalue weighted by molar-refractivity contribution is 7.89. The van der Waals surface area contributed by atoms with Crippen molar-refractivity contribution in [2.45, 2.75) is 23.9 Å². The van der Waals surface area contributed by atoms with Crippen molar-refractivity contribution in [2.75, 3.05) is 19.6 Å². The van der Waals surface area contributed by atoms with Gasteiger partial charge in [0.1, 0.15) is 0 Å². The zero-order chi connectivity index (χ0) is 16.5. The van der Waals surface area contributed by atoms with E-state index >= 15 is 0 Å². The fraction of sp³-hybridized carbons (Fsp3) is 0.538. The fourth-order valence-electron chi connectivity index (χ4n) is 2.42. The lowest BCUT2D eigenvalue weighted by Gasteiger charge is -2.30. The second-order valence-corrected chi connectivity index (χ2v) is 7.57. The summed E-state index contributed by atoms with van der Waals surface area (Å²) < 4.78 is 64.7. The zero-order valence-electron chi connectivity index (χ0n) is 11.6. The molecular weight excluding hydrogens is 341 g/mol. The molecule has 0 aliphatic carbocycles. The van der Waals surface area contributed by atoms with E-state index in [1.54, 1.807) is 0 Å². The second-order valence-electron chi connectivity index (χ2n) is 5.22. The predicted molar refractivity (Wildman–Crippen MR) is 77.0 cm³/mol. The third-order valence-corrected chi connectivity index (χ3v) is 6.01. The molecule has 1 aliphatic rings. The van der Waals surface area contributed by atoms with Crippen molar-refractivity contribution in [1.82, 2.24) is 4.31 Å². The number of piperidine rings is 1. The molecule has 4 nitrogen and oxygen atoms in total. The van der Waals surface area contributed by atoms with E-state index < -0.39 is 31.7 Å². The number of hydrogen-bond acceptors (Lipinski definition) is 3. The van der Waals surface area contributed by atoms with Crippen molar-refractivity contribution < 1.29 is 21.6 Å². The van der Waals surface area contributed by atoms with E-state index in [-0.39, 0.29) is 19.0 Å². The largest absolute Gasteiger partial charge is 0.417 e. The SMILES string of the molecule is NCC1CCN(S(=O)(=O)c2ccc(Cl)c(C(F)(F)F)c2)CC1. The number of halogens is 4. The molecule has 2 N–H and O–H groups in total. The third kappa shape index (κ3) is 3.56. The van der Waals surface area contributed by atoms with Crippen LogP contribution in [0.4, 0.5) is 13.2 Å². The van der Waals surface area contributed by atoms with Crippen LogP contribution in [0.25, 0.3) is 0 Å². The Labute approximate surface area is 132 Å². The lowest BCUT2D eigenvalue weighted by atomic mass is 9.99. The molecule has 2 rings (SSSR count). The smallest absolute Gasteiger partial charge is 0.330 e. The molecule has 1 aromatic carbocycles. The van der Waals surface area contributed by atoms with Gasteiger partial charge in [0, 0.05) is 13.1 Å². The standard InChI is InChI=1S/C13H16ClF3N2O2S/c14-12-2-1-10(7-11(12)13(15,16)17)22(20,21)19-5-3-9(8-18)4-6-19/h1-2,7,9H,3-6,8,18H2. The van der Waals surface area contributed by atoms with Crippen molar-refractivity contribution in [2.24, 2.45) is 11.7 Å². The van der Waals surface area contributed by atoms with Crippen LogP contribution >= 0.6 is 11.6 Å². The van der Waals surface area contributed by atoms with Gasteiger partial charge in [0.05, 0.1) is 15.5 Å². The van der Waals surface area contributed by atoms with Gasteiger partial charge in [-0.3, -0.25) is 0 Å². The van der Waals surface area contributed by atoms with Gasteiger partial charge in [-0.2, -0.15) is 17.5 Å². The van der Waals surface area contributed by atoms with Gasteiger partial charge in [0.25, 0.3) is 0 Å². The third-order valence-electron chi connectivity index (χ3n) is 3.79. The molecule has 0 saturated carbocycles. The number of benzene rings is 1. The highest BCUT2D eigenvalue weighted by atomic mass is 35.5. The lowest BCUT2D eigenvalue weighted by Crippen LogP contribution is -2.40. The summed E-state index contributed by atoms with van der Waals surface area (Å²) in [4.78, 5) is -0.393. The van der Waals surface area contributed by atoms with Gasteiger partial charge in [-0.25, -0.2) is 8.42 Å². The van der Waals surface area contributed by atoms with Crippen LogP contribution in [0.2, 0.25) is 5.02 Å².